The second-order valence-corrected chi connectivity index (χ2v) is 26.3. The zero-order valence-corrected chi connectivity index (χ0v) is 56.5. The minimum Gasteiger partial charge on any atom is -0.466 e. The summed E-state index contributed by atoms with van der Waals surface area (Å²) >= 11 is 0. The second-order valence-electron chi connectivity index (χ2n) is 26.3. The summed E-state index contributed by atoms with van der Waals surface area (Å²) in [6.45, 7) is 4.94. The molecule has 0 spiro atoms. The van der Waals surface area contributed by atoms with E-state index >= 15 is 0 Å². The van der Waals surface area contributed by atoms with E-state index in [2.05, 4.69) is 31.3 Å². The number of carbonyl (C=O) groups is 2. The molecule has 0 rings (SSSR count). The van der Waals surface area contributed by atoms with Gasteiger partial charge in [0.2, 0.25) is 5.91 Å². The van der Waals surface area contributed by atoms with Crippen molar-refractivity contribution < 1.29 is 24.5 Å². The number of allylic oxidation sites excluding steroid dienone is 3. The van der Waals surface area contributed by atoms with Gasteiger partial charge in [-0.2, -0.15) is 0 Å². The van der Waals surface area contributed by atoms with Crippen LogP contribution in [0.5, 0.6) is 0 Å². The molecule has 0 aromatic carbocycles. The minimum atomic E-state index is -0.840. The highest BCUT2D eigenvalue weighted by Crippen LogP contribution is 2.20. The molecule has 0 aliphatic rings. The van der Waals surface area contributed by atoms with Gasteiger partial charge in [-0.1, -0.05) is 385 Å². The molecular weight excluding hydrogens is 1020 g/mol. The first kappa shape index (κ1) is 81.3. The molecule has 0 aromatic rings. The summed E-state index contributed by atoms with van der Waals surface area (Å²) in [6, 6.07) is -0.623. The largest absolute Gasteiger partial charge is 0.466 e. The SMILES string of the molecule is CCCCCCCC/C=C\CCCCCCCC(=O)OCCCCCCCCCCCCCCCCCCCCCCCCCCCCCCCCCCCCCC(=O)NC(CO)C(O)/C=C/CCCCCCCCCCCCCCCC. The van der Waals surface area contributed by atoms with Crippen LogP contribution in [0.15, 0.2) is 24.3 Å². The minimum absolute atomic E-state index is 0.0152. The molecule has 2 atom stereocenters. The van der Waals surface area contributed by atoms with Gasteiger partial charge in [0.1, 0.15) is 0 Å². The summed E-state index contributed by atoms with van der Waals surface area (Å²) in [4.78, 5) is 24.6. The average molecular weight is 1170 g/mol. The highest BCUT2D eigenvalue weighted by molar-refractivity contribution is 5.76. The number of unbranched alkanes of at least 4 members (excludes halogenated alkanes) is 59. The van der Waals surface area contributed by atoms with Crippen LogP contribution in [0.4, 0.5) is 0 Å². The quantitative estimate of drug-likeness (QED) is 0.0320. The third-order valence-corrected chi connectivity index (χ3v) is 18.0. The Hall–Kier alpha value is -1.66. The van der Waals surface area contributed by atoms with Crippen LogP contribution in [0, 0.1) is 0 Å². The Bertz CT molecular complexity index is 1300. The van der Waals surface area contributed by atoms with Crippen LogP contribution < -0.4 is 5.32 Å². The molecule has 0 aliphatic heterocycles. The van der Waals surface area contributed by atoms with Crippen LogP contribution in [0.2, 0.25) is 0 Å². The molecule has 83 heavy (non-hydrogen) atoms. The van der Waals surface area contributed by atoms with Gasteiger partial charge in [-0.25, -0.2) is 0 Å². The molecular formula is C77H149NO5. The number of aliphatic hydroxyl groups excluding tert-OH is 2. The Balaban J connectivity index is 3.32. The Morgan fingerprint density at radius 1 is 0.325 bits per heavy atom. The predicted octanol–water partition coefficient (Wildman–Crippen LogP) is 24.9. The summed E-state index contributed by atoms with van der Waals surface area (Å²) in [6.07, 6.45) is 92.9. The third kappa shape index (κ3) is 69.3. The first-order valence-corrected chi connectivity index (χ1v) is 38.1. The number of esters is 1. The second kappa shape index (κ2) is 72.8. The van der Waals surface area contributed by atoms with Crippen LogP contribution in [0.3, 0.4) is 0 Å². The summed E-state index contributed by atoms with van der Waals surface area (Å²) in [5.41, 5.74) is 0. The summed E-state index contributed by atoms with van der Waals surface area (Å²) in [5, 5.41) is 23.2. The molecule has 492 valence electrons. The van der Waals surface area contributed by atoms with E-state index in [0.29, 0.717) is 19.4 Å². The predicted molar refractivity (Wildman–Crippen MR) is 366 cm³/mol. The van der Waals surface area contributed by atoms with Gasteiger partial charge in [-0.3, -0.25) is 9.59 Å². The van der Waals surface area contributed by atoms with E-state index in [1.807, 2.05) is 6.08 Å². The fourth-order valence-corrected chi connectivity index (χ4v) is 12.2. The Morgan fingerprint density at radius 2 is 0.566 bits per heavy atom. The monoisotopic (exact) mass is 1170 g/mol. The highest BCUT2D eigenvalue weighted by Gasteiger charge is 2.18. The fraction of sp³-hybridized carbons (Fsp3) is 0.922. The van der Waals surface area contributed by atoms with Crippen molar-refractivity contribution in [2.75, 3.05) is 13.2 Å². The van der Waals surface area contributed by atoms with Gasteiger partial charge >= 0.3 is 5.97 Å². The number of hydrogen-bond acceptors (Lipinski definition) is 5. The van der Waals surface area contributed by atoms with Crippen LogP contribution in [0.25, 0.3) is 0 Å². The van der Waals surface area contributed by atoms with Gasteiger partial charge in [0.05, 0.1) is 25.4 Å². The molecule has 6 heteroatoms. The molecule has 0 saturated heterocycles. The van der Waals surface area contributed by atoms with E-state index in [4.69, 9.17) is 4.74 Å². The standard InChI is InChI=1S/C77H149NO5/c1-3-5-7-9-11-13-15-17-19-42-45-49-53-57-61-65-69-75(80)74(73-79)78-76(81)70-66-62-58-54-50-46-43-39-37-35-33-31-29-27-25-23-21-20-22-24-26-28-30-32-34-36-38-40-44-48-52-56-60-64-68-72-83-77(82)71-67-63-59-55-51-47-41-18-16-14-12-10-8-6-4-2/h18,41,65,69,74-75,79-80H,3-17,19-40,42-64,66-68,70-73H2,1-2H3,(H,78,81)/b41-18-,69-65+. The number of hydrogen-bond donors (Lipinski definition) is 3. The molecule has 0 aliphatic carbocycles. The van der Waals surface area contributed by atoms with Gasteiger partial charge in [0.15, 0.2) is 0 Å². The number of carbonyl (C=O) groups excluding carboxylic acids is 2. The van der Waals surface area contributed by atoms with Crippen molar-refractivity contribution >= 4 is 11.9 Å². The van der Waals surface area contributed by atoms with Crippen molar-refractivity contribution in [2.24, 2.45) is 0 Å². The third-order valence-electron chi connectivity index (χ3n) is 18.0. The molecule has 0 saturated carbocycles. The van der Waals surface area contributed by atoms with Crippen molar-refractivity contribution in [3.05, 3.63) is 24.3 Å². The van der Waals surface area contributed by atoms with Crippen molar-refractivity contribution in [3.63, 3.8) is 0 Å². The Kier molecular flexibility index (Phi) is 71.4. The zero-order chi connectivity index (χ0) is 59.9. The maximum atomic E-state index is 12.5. The van der Waals surface area contributed by atoms with Crippen molar-refractivity contribution in [2.45, 2.75) is 443 Å². The number of rotatable bonds is 72. The number of aliphatic hydroxyl groups is 2. The lowest BCUT2D eigenvalue weighted by Gasteiger charge is -2.20. The first-order valence-electron chi connectivity index (χ1n) is 38.1. The maximum Gasteiger partial charge on any atom is 0.305 e. The van der Waals surface area contributed by atoms with E-state index in [9.17, 15) is 19.8 Å². The van der Waals surface area contributed by atoms with E-state index in [-0.39, 0.29) is 18.5 Å². The van der Waals surface area contributed by atoms with Gasteiger partial charge in [-0.15, -0.1) is 0 Å². The van der Waals surface area contributed by atoms with E-state index in [0.717, 1.165) is 44.9 Å². The Labute approximate surface area is 520 Å². The highest BCUT2D eigenvalue weighted by atomic mass is 16.5. The number of nitrogens with one attached hydrogen (secondary N) is 1. The molecule has 0 fully saturated rings. The molecule has 0 heterocycles. The molecule has 6 nitrogen and oxygen atoms in total. The van der Waals surface area contributed by atoms with Crippen LogP contribution in [-0.2, 0) is 14.3 Å². The van der Waals surface area contributed by atoms with Gasteiger partial charge in [-0.05, 0) is 57.8 Å². The van der Waals surface area contributed by atoms with Crippen molar-refractivity contribution in [1.29, 1.82) is 0 Å². The molecule has 0 bridgehead atoms. The summed E-state index contributed by atoms with van der Waals surface area (Å²) in [5.74, 6) is -0.0442. The van der Waals surface area contributed by atoms with Crippen molar-refractivity contribution in [1.82, 2.24) is 5.32 Å². The lowest BCUT2D eigenvalue weighted by atomic mass is 10.0. The van der Waals surface area contributed by atoms with Crippen LogP contribution in [0.1, 0.15) is 431 Å². The van der Waals surface area contributed by atoms with Gasteiger partial charge in [0, 0.05) is 12.8 Å². The average Bonchev–Trinajstić information content (AvgIpc) is 3.49. The summed E-state index contributed by atoms with van der Waals surface area (Å²) < 4.78 is 5.50. The van der Waals surface area contributed by atoms with Gasteiger partial charge in [0.25, 0.3) is 0 Å². The molecule has 2 unspecified atom stereocenters. The smallest absolute Gasteiger partial charge is 0.305 e. The topological polar surface area (TPSA) is 95.9 Å². The lowest BCUT2D eigenvalue weighted by molar-refractivity contribution is -0.143. The van der Waals surface area contributed by atoms with E-state index in [1.54, 1.807) is 6.08 Å². The van der Waals surface area contributed by atoms with Crippen LogP contribution in [-0.4, -0.2) is 47.4 Å². The molecule has 1 amide bonds. The normalized spacial score (nSPS) is 12.6. The van der Waals surface area contributed by atoms with Crippen molar-refractivity contribution in [3.8, 4) is 0 Å². The Morgan fingerprint density at radius 3 is 0.855 bits per heavy atom. The van der Waals surface area contributed by atoms with Gasteiger partial charge < -0.3 is 20.3 Å². The molecule has 0 radical (unpaired) electrons. The lowest BCUT2D eigenvalue weighted by Crippen LogP contribution is -2.45. The number of amides is 1. The molecule has 3 N–H and O–H groups in total. The van der Waals surface area contributed by atoms with E-state index < -0.39 is 12.1 Å². The van der Waals surface area contributed by atoms with E-state index in [1.165, 1.54) is 360 Å². The van der Waals surface area contributed by atoms with Crippen LogP contribution >= 0.6 is 0 Å². The first-order chi connectivity index (χ1) is 41.0. The maximum absolute atomic E-state index is 12.5. The summed E-state index contributed by atoms with van der Waals surface area (Å²) in [7, 11) is 0. The zero-order valence-electron chi connectivity index (χ0n) is 56.5. The fourth-order valence-electron chi connectivity index (χ4n) is 12.2. The number of ether oxygens (including phenoxy) is 1. The molecule has 0 aromatic heterocycles.